The summed E-state index contributed by atoms with van der Waals surface area (Å²) in [5.41, 5.74) is 2.59. The summed E-state index contributed by atoms with van der Waals surface area (Å²) in [6.45, 7) is 2.12. The Balaban J connectivity index is 2.37. The maximum atomic E-state index is 4.20. The van der Waals surface area contributed by atoms with Crippen LogP contribution in [-0.2, 0) is 6.42 Å². The quantitative estimate of drug-likeness (QED) is 0.618. The first-order valence-electron chi connectivity index (χ1n) is 5.85. The van der Waals surface area contributed by atoms with Gasteiger partial charge < -0.3 is 5.32 Å². The van der Waals surface area contributed by atoms with E-state index >= 15 is 0 Å². The van der Waals surface area contributed by atoms with E-state index in [1.165, 1.54) is 21.9 Å². The van der Waals surface area contributed by atoms with E-state index in [-0.39, 0.29) is 0 Å². The third kappa shape index (κ3) is 2.64. The van der Waals surface area contributed by atoms with Gasteiger partial charge in [0.2, 0.25) is 0 Å². The van der Waals surface area contributed by atoms with Crippen LogP contribution in [0.25, 0.3) is 10.8 Å². The maximum absolute atomic E-state index is 4.20. The predicted molar refractivity (Wildman–Crippen MR) is 74.8 cm³/mol. The van der Waals surface area contributed by atoms with Crippen molar-refractivity contribution in [3.63, 3.8) is 0 Å². The average Bonchev–Trinajstić information content (AvgIpc) is 2.35. The number of aryl methyl sites for hydroxylation is 1. The number of amidine groups is 1. The SMILES string of the molecule is CN=C(Cc1ccc2ccc(C)cc2c1)NC. The minimum absolute atomic E-state index is 0.858. The molecule has 0 aliphatic rings. The number of nitrogens with zero attached hydrogens (tertiary/aromatic N) is 1. The van der Waals surface area contributed by atoms with Gasteiger partial charge in [0.25, 0.3) is 0 Å². The van der Waals surface area contributed by atoms with Gasteiger partial charge in [0, 0.05) is 20.5 Å². The highest BCUT2D eigenvalue weighted by Crippen LogP contribution is 2.18. The summed E-state index contributed by atoms with van der Waals surface area (Å²) in [4.78, 5) is 4.20. The zero-order valence-electron chi connectivity index (χ0n) is 10.6. The highest BCUT2D eigenvalue weighted by molar-refractivity contribution is 5.87. The number of hydrogen-bond acceptors (Lipinski definition) is 1. The first kappa shape index (κ1) is 11.6. The Labute approximate surface area is 102 Å². The molecule has 0 aromatic heterocycles. The molecule has 88 valence electrons. The second-order valence-corrected chi connectivity index (χ2v) is 4.28. The fraction of sp³-hybridized carbons (Fsp3) is 0.267. The van der Waals surface area contributed by atoms with Crippen molar-refractivity contribution in [1.82, 2.24) is 5.32 Å². The molecule has 0 saturated carbocycles. The Hall–Kier alpha value is -1.83. The molecule has 0 heterocycles. The van der Waals surface area contributed by atoms with Crippen LogP contribution in [0.1, 0.15) is 11.1 Å². The lowest BCUT2D eigenvalue weighted by Gasteiger charge is -2.07. The smallest absolute Gasteiger partial charge is 0.100 e. The third-order valence-corrected chi connectivity index (χ3v) is 2.99. The van der Waals surface area contributed by atoms with Crippen LogP contribution in [0.2, 0.25) is 0 Å². The molecule has 0 aliphatic heterocycles. The van der Waals surface area contributed by atoms with Crippen molar-refractivity contribution in [2.24, 2.45) is 4.99 Å². The van der Waals surface area contributed by atoms with Crippen LogP contribution in [0.3, 0.4) is 0 Å². The Morgan fingerprint density at radius 2 is 1.88 bits per heavy atom. The summed E-state index contributed by atoms with van der Waals surface area (Å²) in [5.74, 6) is 1.01. The van der Waals surface area contributed by atoms with Crippen LogP contribution in [0.4, 0.5) is 0 Å². The number of benzene rings is 2. The van der Waals surface area contributed by atoms with E-state index in [4.69, 9.17) is 0 Å². The first-order chi connectivity index (χ1) is 8.22. The molecule has 17 heavy (non-hydrogen) atoms. The molecule has 0 saturated heterocycles. The number of fused-ring (bicyclic) bond motifs is 1. The van der Waals surface area contributed by atoms with Gasteiger partial charge in [0.15, 0.2) is 0 Å². The average molecular weight is 226 g/mol. The predicted octanol–water partition coefficient (Wildman–Crippen LogP) is 2.94. The maximum Gasteiger partial charge on any atom is 0.100 e. The van der Waals surface area contributed by atoms with Crippen molar-refractivity contribution in [1.29, 1.82) is 0 Å². The van der Waals surface area contributed by atoms with Crippen LogP contribution in [0.15, 0.2) is 41.4 Å². The van der Waals surface area contributed by atoms with Gasteiger partial charge in [-0.2, -0.15) is 0 Å². The zero-order chi connectivity index (χ0) is 12.3. The van der Waals surface area contributed by atoms with E-state index in [0.717, 1.165) is 12.3 Å². The number of hydrogen-bond donors (Lipinski definition) is 1. The molecule has 0 fully saturated rings. The number of aliphatic imine (C=N–C) groups is 1. The number of likely N-dealkylation sites (N-methyl/N-ethyl adjacent to an activating group) is 1. The topological polar surface area (TPSA) is 24.4 Å². The van der Waals surface area contributed by atoms with Gasteiger partial charge in [-0.3, -0.25) is 4.99 Å². The van der Waals surface area contributed by atoms with Gasteiger partial charge in [0.1, 0.15) is 5.84 Å². The van der Waals surface area contributed by atoms with Gasteiger partial charge in [-0.05, 0) is 23.3 Å². The van der Waals surface area contributed by atoms with Crippen molar-refractivity contribution >= 4 is 16.6 Å². The van der Waals surface area contributed by atoms with Crippen LogP contribution in [0.5, 0.6) is 0 Å². The molecule has 2 aromatic rings. The highest BCUT2D eigenvalue weighted by atomic mass is 14.9. The van der Waals surface area contributed by atoms with E-state index < -0.39 is 0 Å². The zero-order valence-corrected chi connectivity index (χ0v) is 10.6. The molecular formula is C15H18N2. The number of nitrogens with one attached hydrogen (secondary N) is 1. The van der Waals surface area contributed by atoms with Crippen LogP contribution in [-0.4, -0.2) is 19.9 Å². The van der Waals surface area contributed by atoms with Crippen LogP contribution >= 0.6 is 0 Å². The Morgan fingerprint density at radius 1 is 1.12 bits per heavy atom. The second kappa shape index (κ2) is 5.00. The molecule has 2 rings (SSSR count). The lowest BCUT2D eigenvalue weighted by Crippen LogP contribution is -2.20. The summed E-state index contributed by atoms with van der Waals surface area (Å²) in [6.07, 6.45) is 0.858. The van der Waals surface area contributed by atoms with Crippen molar-refractivity contribution in [2.75, 3.05) is 14.1 Å². The van der Waals surface area contributed by atoms with E-state index in [0.29, 0.717) is 0 Å². The van der Waals surface area contributed by atoms with Crippen molar-refractivity contribution in [3.8, 4) is 0 Å². The van der Waals surface area contributed by atoms with Crippen molar-refractivity contribution in [2.45, 2.75) is 13.3 Å². The summed E-state index contributed by atoms with van der Waals surface area (Å²) < 4.78 is 0. The molecular weight excluding hydrogens is 208 g/mol. The summed E-state index contributed by atoms with van der Waals surface area (Å²) in [7, 11) is 3.73. The Morgan fingerprint density at radius 3 is 2.59 bits per heavy atom. The molecule has 1 N–H and O–H groups in total. The van der Waals surface area contributed by atoms with Crippen LogP contribution in [0, 0.1) is 6.92 Å². The van der Waals surface area contributed by atoms with E-state index in [9.17, 15) is 0 Å². The molecule has 0 spiro atoms. The lowest BCUT2D eigenvalue weighted by atomic mass is 10.0. The molecule has 0 radical (unpaired) electrons. The Bertz CT molecular complexity index is 556. The lowest BCUT2D eigenvalue weighted by molar-refractivity contribution is 1.09. The first-order valence-corrected chi connectivity index (χ1v) is 5.85. The number of rotatable bonds is 2. The van der Waals surface area contributed by atoms with E-state index in [1.54, 1.807) is 0 Å². The molecule has 2 nitrogen and oxygen atoms in total. The van der Waals surface area contributed by atoms with Gasteiger partial charge >= 0.3 is 0 Å². The molecule has 0 atom stereocenters. The minimum atomic E-state index is 0.858. The second-order valence-electron chi connectivity index (χ2n) is 4.28. The normalized spacial score (nSPS) is 11.8. The minimum Gasteiger partial charge on any atom is -0.377 e. The molecule has 0 aliphatic carbocycles. The molecule has 2 heteroatoms. The Kier molecular flexibility index (Phi) is 3.43. The van der Waals surface area contributed by atoms with Gasteiger partial charge in [0.05, 0.1) is 0 Å². The highest BCUT2D eigenvalue weighted by Gasteiger charge is 2.00. The van der Waals surface area contributed by atoms with E-state index in [1.807, 2.05) is 14.1 Å². The van der Waals surface area contributed by atoms with Gasteiger partial charge in [-0.25, -0.2) is 0 Å². The standard InChI is InChI=1S/C15H18N2/c1-11-4-6-13-7-5-12(9-14(13)8-11)10-15(16-2)17-3/h4-9H,10H2,1-3H3,(H,16,17). The fourth-order valence-electron chi connectivity index (χ4n) is 2.00. The largest absolute Gasteiger partial charge is 0.377 e. The van der Waals surface area contributed by atoms with Crippen molar-refractivity contribution < 1.29 is 0 Å². The van der Waals surface area contributed by atoms with Crippen LogP contribution < -0.4 is 5.32 Å². The summed E-state index contributed by atoms with van der Waals surface area (Å²) in [6, 6.07) is 13.1. The fourth-order valence-corrected chi connectivity index (χ4v) is 2.00. The monoisotopic (exact) mass is 226 g/mol. The summed E-state index contributed by atoms with van der Waals surface area (Å²) >= 11 is 0. The van der Waals surface area contributed by atoms with Crippen molar-refractivity contribution in [3.05, 3.63) is 47.5 Å². The van der Waals surface area contributed by atoms with Gasteiger partial charge in [-0.1, -0.05) is 42.0 Å². The molecule has 0 amide bonds. The summed E-state index contributed by atoms with van der Waals surface area (Å²) in [5, 5.41) is 5.70. The van der Waals surface area contributed by atoms with E-state index in [2.05, 4.69) is 53.6 Å². The molecule has 2 aromatic carbocycles. The molecule has 0 unspecified atom stereocenters. The van der Waals surface area contributed by atoms with Gasteiger partial charge in [-0.15, -0.1) is 0 Å². The third-order valence-electron chi connectivity index (χ3n) is 2.99. The molecule has 0 bridgehead atoms.